The molecule has 0 saturated carbocycles. The lowest BCUT2D eigenvalue weighted by molar-refractivity contribution is 0.142. The summed E-state index contributed by atoms with van der Waals surface area (Å²) >= 11 is 4.61. The summed E-state index contributed by atoms with van der Waals surface area (Å²) in [6.45, 7) is 1.83. The molecule has 4 rings (SSSR count). The SMILES string of the molecule is O=C(O)N1CCN(c2nccc3sc(S(=O)(=O)Cc4cccc(Br)c4)cc23)CC1. The van der Waals surface area contributed by atoms with Crippen molar-refractivity contribution in [3.63, 3.8) is 0 Å². The highest BCUT2D eigenvalue weighted by Crippen LogP contribution is 2.35. The molecule has 1 aliphatic heterocycles. The van der Waals surface area contributed by atoms with E-state index in [0.717, 1.165) is 20.1 Å². The minimum absolute atomic E-state index is 0.0701. The van der Waals surface area contributed by atoms with E-state index in [1.165, 1.54) is 16.2 Å². The summed E-state index contributed by atoms with van der Waals surface area (Å²) in [5.74, 6) is 0.631. The predicted molar refractivity (Wildman–Crippen MR) is 116 cm³/mol. The fraction of sp³-hybridized carbons (Fsp3) is 0.263. The molecule has 3 aromatic rings. The summed E-state index contributed by atoms with van der Waals surface area (Å²) in [6.07, 6.45) is 0.745. The first kappa shape index (κ1) is 20.1. The van der Waals surface area contributed by atoms with Crippen molar-refractivity contribution in [1.29, 1.82) is 0 Å². The lowest BCUT2D eigenvalue weighted by atomic mass is 10.2. The number of aromatic nitrogens is 1. The summed E-state index contributed by atoms with van der Waals surface area (Å²) in [4.78, 5) is 19.0. The van der Waals surface area contributed by atoms with Crippen LogP contribution in [0.3, 0.4) is 0 Å². The van der Waals surface area contributed by atoms with E-state index in [0.29, 0.717) is 36.2 Å². The van der Waals surface area contributed by atoms with Gasteiger partial charge in [0.15, 0.2) is 9.84 Å². The maximum absolute atomic E-state index is 13.0. The van der Waals surface area contributed by atoms with Crippen LogP contribution >= 0.6 is 27.3 Å². The standard InChI is InChI=1S/C19H18BrN3O4S2/c20-14-3-1-2-13(10-14)12-29(26,27)17-11-15-16(28-17)4-5-21-18(15)22-6-8-23(9-7-22)19(24)25/h1-5,10-11H,6-9,12H2,(H,24,25). The van der Waals surface area contributed by atoms with Gasteiger partial charge in [0.05, 0.1) is 5.75 Å². The Bertz CT molecular complexity index is 1170. The molecule has 0 bridgehead atoms. The van der Waals surface area contributed by atoms with Crippen molar-refractivity contribution in [2.45, 2.75) is 9.96 Å². The number of carboxylic acid groups (broad SMARTS) is 1. The van der Waals surface area contributed by atoms with Crippen molar-refractivity contribution in [2.75, 3.05) is 31.1 Å². The molecule has 2 aromatic heterocycles. The number of pyridine rings is 1. The monoisotopic (exact) mass is 495 g/mol. The van der Waals surface area contributed by atoms with Crippen LogP contribution in [0.1, 0.15) is 5.56 Å². The van der Waals surface area contributed by atoms with E-state index in [-0.39, 0.29) is 5.75 Å². The van der Waals surface area contributed by atoms with Crippen molar-refractivity contribution < 1.29 is 18.3 Å². The van der Waals surface area contributed by atoms with Crippen molar-refractivity contribution >= 4 is 59.1 Å². The van der Waals surface area contributed by atoms with Crippen molar-refractivity contribution in [1.82, 2.24) is 9.88 Å². The van der Waals surface area contributed by atoms with Gasteiger partial charge in [0.25, 0.3) is 0 Å². The Morgan fingerprint density at radius 2 is 1.93 bits per heavy atom. The predicted octanol–water partition coefficient (Wildman–Crippen LogP) is 3.83. The molecule has 152 valence electrons. The van der Waals surface area contributed by atoms with Gasteiger partial charge in [-0.25, -0.2) is 18.2 Å². The van der Waals surface area contributed by atoms with E-state index < -0.39 is 15.9 Å². The molecule has 1 fully saturated rings. The van der Waals surface area contributed by atoms with E-state index >= 15 is 0 Å². The van der Waals surface area contributed by atoms with Gasteiger partial charge in [0.1, 0.15) is 10.0 Å². The highest BCUT2D eigenvalue weighted by Gasteiger charge is 2.25. The van der Waals surface area contributed by atoms with E-state index in [1.807, 2.05) is 23.1 Å². The quantitative estimate of drug-likeness (QED) is 0.591. The largest absolute Gasteiger partial charge is 0.465 e. The van der Waals surface area contributed by atoms with Gasteiger partial charge in [0.2, 0.25) is 0 Å². The molecule has 0 spiro atoms. The maximum Gasteiger partial charge on any atom is 0.407 e. The number of fused-ring (bicyclic) bond motifs is 1. The summed E-state index contributed by atoms with van der Waals surface area (Å²) in [6, 6.07) is 10.8. The van der Waals surface area contributed by atoms with Crippen LogP contribution < -0.4 is 4.90 Å². The lowest BCUT2D eigenvalue weighted by Crippen LogP contribution is -2.48. The fourth-order valence-corrected chi connectivity index (χ4v) is 6.60. The Kier molecular flexibility index (Phi) is 5.50. The molecule has 1 aliphatic rings. The molecular formula is C19H18BrN3O4S2. The smallest absolute Gasteiger partial charge is 0.407 e. The molecule has 1 amide bonds. The lowest BCUT2D eigenvalue weighted by Gasteiger charge is -2.34. The summed E-state index contributed by atoms with van der Waals surface area (Å²) in [5.41, 5.74) is 0.722. The zero-order valence-electron chi connectivity index (χ0n) is 15.3. The van der Waals surface area contributed by atoms with Gasteiger partial charge >= 0.3 is 6.09 Å². The highest BCUT2D eigenvalue weighted by molar-refractivity contribution is 9.10. The molecule has 29 heavy (non-hydrogen) atoms. The van der Waals surface area contributed by atoms with Crippen LogP contribution in [0, 0.1) is 0 Å². The second-order valence-corrected chi connectivity index (χ2v) is 11.0. The van der Waals surface area contributed by atoms with Crippen LogP contribution in [-0.2, 0) is 15.6 Å². The number of thiophene rings is 1. The van der Waals surface area contributed by atoms with E-state index in [1.54, 1.807) is 24.4 Å². The molecule has 10 heteroatoms. The molecule has 0 unspecified atom stereocenters. The van der Waals surface area contributed by atoms with E-state index in [9.17, 15) is 13.2 Å². The topological polar surface area (TPSA) is 90.8 Å². The van der Waals surface area contributed by atoms with Gasteiger partial charge in [-0.05, 0) is 29.8 Å². The minimum atomic E-state index is -3.49. The van der Waals surface area contributed by atoms with Crippen molar-refractivity contribution in [3.05, 3.63) is 52.6 Å². The van der Waals surface area contributed by atoms with Crippen LogP contribution in [0.4, 0.5) is 10.6 Å². The number of hydrogen-bond acceptors (Lipinski definition) is 6. The third-order valence-electron chi connectivity index (χ3n) is 4.80. The van der Waals surface area contributed by atoms with Gasteiger partial charge in [-0.15, -0.1) is 11.3 Å². The Labute approximate surface area is 180 Å². The number of hydrogen-bond donors (Lipinski definition) is 1. The Morgan fingerprint density at radius 1 is 1.17 bits per heavy atom. The number of carbonyl (C=O) groups is 1. The molecule has 1 saturated heterocycles. The van der Waals surface area contributed by atoms with Gasteiger partial charge in [-0.1, -0.05) is 28.1 Å². The molecule has 0 atom stereocenters. The molecule has 7 nitrogen and oxygen atoms in total. The molecule has 3 heterocycles. The van der Waals surface area contributed by atoms with Gasteiger partial charge in [-0.3, -0.25) is 0 Å². The van der Waals surface area contributed by atoms with Gasteiger partial charge in [-0.2, -0.15) is 0 Å². The van der Waals surface area contributed by atoms with Crippen LogP contribution in [0.15, 0.2) is 51.3 Å². The second kappa shape index (κ2) is 7.92. The fourth-order valence-electron chi connectivity index (χ4n) is 3.36. The number of rotatable bonds is 4. The summed E-state index contributed by atoms with van der Waals surface area (Å²) in [7, 11) is -3.49. The molecular weight excluding hydrogens is 478 g/mol. The Hall–Kier alpha value is -2.17. The van der Waals surface area contributed by atoms with Crippen LogP contribution in [0.2, 0.25) is 0 Å². The zero-order chi connectivity index (χ0) is 20.6. The third kappa shape index (κ3) is 4.24. The zero-order valence-corrected chi connectivity index (χ0v) is 18.5. The Balaban J connectivity index is 1.63. The van der Waals surface area contributed by atoms with Crippen LogP contribution in [-0.4, -0.2) is 55.7 Å². The number of amides is 1. The first-order valence-electron chi connectivity index (χ1n) is 8.92. The van der Waals surface area contributed by atoms with Crippen molar-refractivity contribution in [3.8, 4) is 0 Å². The Morgan fingerprint density at radius 3 is 2.62 bits per heavy atom. The number of sulfone groups is 1. The van der Waals surface area contributed by atoms with E-state index in [4.69, 9.17) is 5.11 Å². The number of halogens is 1. The van der Waals surface area contributed by atoms with Crippen LogP contribution in [0.25, 0.3) is 10.1 Å². The maximum atomic E-state index is 13.0. The number of nitrogens with zero attached hydrogens (tertiary/aromatic N) is 3. The summed E-state index contributed by atoms with van der Waals surface area (Å²) < 4.78 is 28.0. The number of piperazine rings is 1. The average Bonchev–Trinajstić information content (AvgIpc) is 3.13. The molecule has 1 N–H and O–H groups in total. The van der Waals surface area contributed by atoms with Gasteiger partial charge < -0.3 is 14.9 Å². The average molecular weight is 496 g/mol. The van der Waals surface area contributed by atoms with E-state index in [2.05, 4.69) is 20.9 Å². The number of anilines is 1. The minimum Gasteiger partial charge on any atom is -0.465 e. The highest BCUT2D eigenvalue weighted by atomic mass is 79.9. The van der Waals surface area contributed by atoms with Crippen molar-refractivity contribution in [2.24, 2.45) is 0 Å². The van der Waals surface area contributed by atoms with Crippen LogP contribution in [0.5, 0.6) is 0 Å². The molecule has 1 aromatic carbocycles. The summed E-state index contributed by atoms with van der Waals surface area (Å²) in [5, 5.41) is 9.91. The number of benzene rings is 1. The normalized spacial score (nSPS) is 15.1. The molecule has 0 aliphatic carbocycles. The third-order valence-corrected chi connectivity index (χ3v) is 8.65. The van der Waals surface area contributed by atoms with Gasteiger partial charge in [0, 0.05) is 46.9 Å². The first-order valence-corrected chi connectivity index (χ1v) is 12.2. The second-order valence-electron chi connectivity index (χ2n) is 6.76. The first-order chi connectivity index (χ1) is 13.8. The molecule has 0 radical (unpaired) electrons.